The van der Waals surface area contributed by atoms with E-state index in [1.54, 1.807) is 0 Å². The van der Waals surface area contributed by atoms with Gasteiger partial charge in [-0.25, -0.2) is 0 Å². The molecule has 0 fully saturated rings. The molecule has 0 heterocycles. The Morgan fingerprint density at radius 3 is 0.667 bits per heavy atom. The molecule has 48 heavy (non-hydrogen) atoms. The van der Waals surface area contributed by atoms with Crippen LogP contribution in [0.3, 0.4) is 0 Å². The summed E-state index contributed by atoms with van der Waals surface area (Å²) < 4.78 is 26.0. The smallest absolute Gasteiger partial charge is 0.519 e. The minimum atomic E-state index is 0. The third-order valence-corrected chi connectivity index (χ3v) is 7.72. The topological polar surface area (TPSA) is 36.9 Å². The first-order chi connectivity index (χ1) is 21.7. The molecule has 0 amide bonds. The van der Waals surface area contributed by atoms with Crippen molar-refractivity contribution in [3.8, 4) is 23.0 Å². The maximum Gasteiger partial charge on any atom is 1.00 e. The van der Waals surface area contributed by atoms with Crippen molar-refractivity contribution in [3.05, 3.63) is 117 Å². The van der Waals surface area contributed by atoms with Crippen molar-refractivity contribution in [2.45, 2.75) is 79.1 Å². The Bertz CT molecular complexity index is 1230. The summed E-state index contributed by atoms with van der Waals surface area (Å²) in [4.78, 5) is 0. The van der Waals surface area contributed by atoms with Gasteiger partial charge in [-0.2, -0.15) is 72.8 Å². The number of benzene rings is 4. The molecule has 0 radical (unpaired) electrons. The van der Waals surface area contributed by atoms with Gasteiger partial charge >= 0.3 is 75.4 Å². The van der Waals surface area contributed by atoms with Crippen molar-refractivity contribution in [1.82, 2.24) is 0 Å². The van der Waals surface area contributed by atoms with Crippen LogP contribution < -0.4 is 94.4 Å². The first-order valence-electron chi connectivity index (χ1n) is 16.2. The molecule has 4 aromatic rings. The van der Waals surface area contributed by atoms with Crippen molar-refractivity contribution < 1.29 is 94.4 Å². The van der Waals surface area contributed by atoms with Crippen LogP contribution in [0.5, 0.6) is 23.0 Å². The predicted molar refractivity (Wildman–Crippen MR) is 175 cm³/mol. The van der Waals surface area contributed by atoms with Gasteiger partial charge in [-0.15, -0.1) is 44.5 Å². The number of rotatable bonds is 12. The Balaban J connectivity index is 0.00000288. The average molecular weight is 617 g/mol. The van der Waals surface area contributed by atoms with Gasteiger partial charge in [0.2, 0.25) is 0 Å². The number of fused-ring (bicyclic) bond motifs is 8. The summed E-state index contributed by atoms with van der Waals surface area (Å²) in [7, 11) is 0. The molecule has 4 nitrogen and oxygen atoms in total. The molecule has 8 heteroatoms. The van der Waals surface area contributed by atoms with Crippen LogP contribution in [0, 0.1) is 24.3 Å². The fourth-order valence-electron chi connectivity index (χ4n) is 5.75. The Morgan fingerprint density at radius 2 is 0.521 bits per heavy atom. The first-order valence-corrected chi connectivity index (χ1v) is 16.2. The van der Waals surface area contributed by atoms with Gasteiger partial charge in [-0.3, -0.25) is 0 Å². The van der Waals surface area contributed by atoms with Crippen molar-refractivity contribution >= 4 is 0 Å². The fraction of sp³-hybridized carbons (Fsp3) is 0.400. The van der Waals surface area contributed by atoms with Gasteiger partial charge in [-0.1, -0.05) is 53.4 Å². The van der Waals surface area contributed by atoms with Gasteiger partial charge < -0.3 is 18.9 Å². The van der Waals surface area contributed by atoms with E-state index in [1.807, 2.05) is 0 Å². The Kier molecular flexibility index (Phi) is 21.4. The summed E-state index contributed by atoms with van der Waals surface area (Å²) in [6.07, 6.45) is 6.33. The van der Waals surface area contributed by atoms with Crippen LogP contribution >= 0.6 is 0 Å². The Hall–Kier alpha value is -1.53. The number of hydrogen-bond acceptors (Lipinski definition) is 4. The third kappa shape index (κ3) is 11.2. The summed E-state index contributed by atoms with van der Waals surface area (Å²) in [5.41, 5.74) is 8.73. The SMILES string of the molecule is CCCOc1c2c[c-]cc1Cc1c[c-]cc(c1OCCC)Cc1c[c-]cc(c1OCCC)Cc1c[c-]cc(c1OCCC)C2.[Li+].[Li+].[Li+].[Li+]. The molecule has 8 bridgehead atoms. The molecule has 0 atom stereocenters. The predicted octanol–water partition coefficient (Wildman–Crippen LogP) is -3.26. The number of hydrogen-bond donors (Lipinski definition) is 0. The molecule has 0 unspecified atom stereocenters. The molecular weight excluding hydrogens is 572 g/mol. The van der Waals surface area contributed by atoms with Crippen LogP contribution in [-0.2, 0) is 25.7 Å². The van der Waals surface area contributed by atoms with E-state index in [0.29, 0.717) is 52.1 Å². The van der Waals surface area contributed by atoms with Crippen molar-refractivity contribution in [1.29, 1.82) is 0 Å². The van der Waals surface area contributed by atoms with Gasteiger partial charge in [0, 0.05) is 23.0 Å². The largest absolute Gasteiger partial charge is 1.00 e. The maximum absolute atomic E-state index is 6.49. The summed E-state index contributed by atoms with van der Waals surface area (Å²) in [6, 6.07) is 30.1. The molecule has 0 aromatic heterocycles. The van der Waals surface area contributed by atoms with Crippen molar-refractivity contribution in [3.63, 3.8) is 0 Å². The van der Waals surface area contributed by atoms with Crippen molar-refractivity contribution in [2.75, 3.05) is 26.4 Å². The van der Waals surface area contributed by atoms with E-state index in [-0.39, 0.29) is 75.4 Å². The monoisotopic (exact) mass is 616 g/mol. The van der Waals surface area contributed by atoms with E-state index in [0.717, 1.165) is 93.2 Å². The molecule has 1 aliphatic carbocycles. The van der Waals surface area contributed by atoms with E-state index < -0.39 is 0 Å². The van der Waals surface area contributed by atoms with Crippen LogP contribution in [0.1, 0.15) is 97.9 Å². The zero-order valence-corrected chi connectivity index (χ0v) is 30.7. The van der Waals surface area contributed by atoms with Crippen LogP contribution in [0.25, 0.3) is 0 Å². The van der Waals surface area contributed by atoms with Crippen LogP contribution in [0.4, 0.5) is 0 Å². The molecule has 0 N–H and O–H groups in total. The summed E-state index contributed by atoms with van der Waals surface area (Å²) in [5, 5.41) is 0. The van der Waals surface area contributed by atoms with E-state index in [2.05, 4.69) is 100 Å². The van der Waals surface area contributed by atoms with Gasteiger partial charge in [0.1, 0.15) is 0 Å². The first kappa shape index (κ1) is 44.5. The standard InChI is InChI=1S/C40H44O4.4Li/c1-5-21-41-37-29-13-9-14-30(37)26-32-16-11-18-34(39(32)43-23-7-3)28-36-20-12-19-35(40(36)44-24-8-4)27-33-17-10-15-31(25-29)38(33)42-22-6-2;;;;/h13-20H,5-8,21-28H2,1-4H3;;;;/q-4;4*+1. The van der Waals surface area contributed by atoms with Gasteiger partial charge in [-0.05, 0) is 25.7 Å². The second kappa shape index (κ2) is 23.0. The van der Waals surface area contributed by atoms with E-state index in [1.165, 1.54) is 0 Å². The summed E-state index contributed by atoms with van der Waals surface area (Å²) in [5.74, 6) is 3.69. The Labute approximate surface area is 337 Å². The molecule has 1 aliphatic rings. The maximum atomic E-state index is 6.49. The fourth-order valence-corrected chi connectivity index (χ4v) is 5.75. The molecule has 0 aliphatic heterocycles. The zero-order valence-electron chi connectivity index (χ0n) is 30.7. The van der Waals surface area contributed by atoms with Crippen LogP contribution in [-0.4, -0.2) is 26.4 Å². The minimum Gasteiger partial charge on any atom is -0.519 e. The molecule has 0 saturated carbocycles. The quantitative estimate of drug-likeness (QED) is 0.109. The molecule has 4 aromatic carbocycles. The molecular formula is C40H44Li4O4. The van der Waals surface area contributed by atoms with Gasteiger partial charge in [0.05, 0.1) is 26.4 Å². The van der Waals surface area contributed by atoms with E-state index in [4.69, 9.17) is 18.9 Å². The van der Waals surface area contributed by atoms with Gasteiger partial charge in [0.25, 0.3) is 0 Å². The zero-order chi connectivity index (χ0) is 30.7. The normalized spacial score (nSPS) is 11.4. The van der Waals surface area contributed by atoms with Crippen LogP contribution in [0.15, 0.2) is 48.5 Å². The molecule has 0 spiro atoms. The molecule has 5 rings (SSSR count). The van der Waals surface area contributed by atoms with Crippen molar-refractivity contribution in [2.24, 2.45) is 0 Å². The summed E-state index contributed by atoms with van der Waals surface area (Å²) in [6.45, 7) is 11.1. The third-order valence-electron chi connectivity index (χ3n) is 7.72. The number of ether oxygens (including phenoxy) is 4. The van der Waals surface area contributed by atoms with E-state index in [9.17, 15) is 0 Å². The van der Waals surface area contributed by atoms with E-state index >= 15 is 0 Å². The second-order valence-electron chi connectivity index (χ2n) is 11.4. The Morgan fingerprint density at radius 1 is 0.354 bits per heavy atom. The average Bonchev–Trinajstić information content (AvgIpc) is 3.03. The molecule has 0 saturated heterocycles. The summed E-state index contributed by atoms with van der Waals surface area (Å²) >= 11 is 0. The molecule has 232 valence electrons. The van der Waals surface area contributed by atoms with Gasteiger partial charge in [0.15, 0.2) is 0 Å². The minimum absolute atomic E-state index is 0. The van der Waals surface area contributed by atoms with Crippen LogP contribution in [0.2, 0.25) is 0 Å². The second-order valence-corrected chi connectivity index (χ2v) is 11.4.